The van der Waals surface area contributed by atoms with E-state index in [1.54, 1.807) is 18.3 Å². The molecular formula is C11H11N3OS. The third kappa shape index (κ3) is 2.64. The Kier molecular flexibility index (Phi) is 3.26. The Hall–Kier alpha value is -1.75. The molecule has 0 radical (unpaired) electrons. The predicted molar refractivity (Wildman–Crippen MR) is 64.4 cm³/mol. The van der Waals surface area contributed by atoms with Crippen molar-refractivity contribution in [2.45, 2.75) is 11.8 Å². The summed E-state index contributed by atoms with van der Waals surface area (Å²) in [4.78, 5) is 8.90. The molecule has 16 heavy (non-hydrogen) atoms. The Labute approximate surface area is 97.9 Å². The summed E-state index contributed by atoms with van der Waals surface area (Å²) in [6, 6.07) is 7.23. The van der Waals surface area contributed by atoms with Gasteiger partial charge in [-0.3, -0.25) is 0 Å². The van der Waals surface area contributed by atoms with Crippen molar-refractivity contribution in [2.75, 3.05) is 4.72 Å². The molecule has 0 aliphatic rings. The van der Waals surface area contributed by atoms with Crippen LogP contribution in [0.4, 0.5) is 5.82 Å². The molecule has 0 spiro atoms. The number of hydrogen-bond donors (Lipinski definition) is 2. The lowest BCUT2D eigenvalue weighted by atomic mass is 10.2. The van der Waals surface area contributed by atoms with E-state index in [-0.39, 0.29) is 0 Å². The average molecular weight is 233 g/mol. The molecule has 1 aromatic carbocycles. The molecule has 0 atom stereocenters. The van der Waals surface area contributed by atoms with Gasteiger partial charge in [-0.05, 0) is 48.7 Å². The minimum absolute atomic E-state index is 0.311. The smallest absolute Gasteiger partial charge is 0.139 e. The fourth-order valence-corrected chi connectivity index (χ4v) is 1.87. The quantitative estimate of drug-likeness (QED) is 0.798. The highest BCUT2D eigenvalue weighted by molar-refractivity contribution is 8.00. The zero-order valence-electron chi connectivity index (χ0n) is 8.71. The molecule has 5 heteroatoms. The molecule has 0 unspecified atom stereocenters. The summed E-state index contributed by atoms with van der Waals surface area (Å²) >= 11 is 1.44. The van der Waals surface area contributed by atoms with E-state index < -0.39 is 0 Å². The molecule has 1 aromatic heterocycles. The molecule has 0 aliphatic carbocycles. The maximum atomic E-state index is 9.38. The predicted octanol–water partition coefficient (Wildman–Crippen LogP) is 2.61. The number of aromatic hydroxyl groups is 1. The number of nitrogens with one attached hydrogen (secondary N) is 1. The van der Waals surface area contributed by atoms with Crippen LogP contribution in [0.1, 0.15) is 5.56 Å². The van der Waals surface area contributed by atoms with Gasteiger partial charge in [0.05, 0.1) is 0 Å². The van der Waals surface area contributed by atoms with Crippen molar-refractivity contribution >= 4 is 17.8 Å². The first-order valence-electron chi connectivity index (χ1n) is 4.74. The maximum absolute atomic E-state index is 9.38. The molecule has 0 saturated carbocycles. The largest absolute Gasteiger partial charge is 0.508 e. The van der Waals surface area contributed by atoms with Crippen LogP contribution in [0.3, 0.4) is 0 Å². The second kappa shape index (κ2) is 4.85. The summed E-state index contributed by atoms with van der Waals surface area (Å²) in [5.41, 5.74) is 0.856. The topological polar surface area (TPSA) is 58.0 Å². The summed E-state index contributed by atoms with van der Waals surface area (Å²) in [5.74, 6) is 1.07. The molecule has 2 rings (SSSR count). The SMILES string of the molecule is Cc1cc(SNc2ccncn2)ccc1O. The van der Waals surface area contributed by atoms with Gasteiger partial charge in [-0.2, -0.15) is 0 Å². The van der Waals surface area contributed by atoms with E-state index in [0.29, 0.717) is 5.75 Å². The summed E-state index contributed by atoms with van der Waals surface area (Å²) in [6.07, 6.45) is 3.17. The lowest BCUT2D eigenvalue weighted by molar-refractivity contribution is 0.470. The first kappa shape index (κ1) is 10.8. The van der Waals surface area contributed by atoms with Crippen LogP contribution in [0.25, 0.3) is 0 Å². The number of phenols is 1. The van der Waals surface area contributed by atoms with E-state index in [9.17, 15) is 5.11 Å². The Balaban J connectivity index is 2.03. The Morgan fingerprint density at radius 2 is 2.19 bits per heavy atom. The number of aryl methyl sites for hydroxylation is 1. The van der Waals surface area contributed by atoms with Crippen LogP contribution in [0.15, 0.2) is 41.7 Å². The van der Waals surface area contributed by atoms with E-state index in [1.165, 1.54) is 18.3 Å². The zero-order chi connectivity index (χ0) is 11.4. The van der Waals surface area contributed by atoms with Gasteiger partial charge in [0.2, 0.25) is 0 Å². The van der Waals surface area contributed by atoms with Crippen LogP contribution in [0.2, 0.25) is 0 Å². The van der Waals surface area contributed by atoms with Crippen molar-refractivity contribution in [3.63, 3.8) is 0 Å². The lowest BCUT2D eigenvalue weighted by Crippen LogP contribution is -1.90. The van der Waals surface area contributed by atoms with Crippen molar-refractivity contribution < 1.29 is 5.11 Å². The van der Waals surface area contributed by atoms with Crippen LogP contribution < -0.4 is 4.72 Å². The highest BCUT2D eigenvalue weighted by Gasteiger charge is 1.99. The number of rotatable bonds is 3. The van der Waals surface area contributed by atoms with E-state index in [1.807, 2.05) is 19.1 Å². The molecule has 1 heterocycles. The van der Waals surface area contributed by atoms with Crippen molar-refractivity contribution in [3.8, 4) is 5.75 Å². The first-order chi connectivity index (χ1) is 7.75. The van der Waals surface area contributed by atoms with Gasteiger partial charge in [-0.15, -0.1) is 0 Å². The minimum Gasteiger partial charge on any atom is -0.508 e. The second-order valence-corrected chi connectivity index (χ2v) is 4.13. The van der Waals surface area contributed by atoms with Gasteiger partial charge >= 0.3 is 0 Å². The fraction of sp³-hybridized carbons (Fsp3) is 0.0909. The van der Waals surface area contributed by atoms with Crippen molar-refractivity contribution in [1.82, 2.24) is 9.97 Å². The summed E-state index contributed by atoms with van der Waals surface area (Å²) < 4.78 is 3.09. The Morgan fingerprint density at radius 1 is 1.31 bits per heavy atom. The lowest BCUT2D eigenvalue weighted by Gasteiger charge is -2.05. The van der Waals surface area contributed by atoms with Gasteiger partial charge in [0.15, 0.2) is 0 Å². The van der Waals surface area contributed by atoms with Crippen molar-refractivity contribution in [2.24, 2.45) is 0 Å². The summed E-state index contributed by atoms with van der Waals surface area (Å²) in [7, 11) is 0. The molecule has 0 amide bonds. The average Bonchev–Trinajstić information content (AvgIpc) is 2.32. The van der Waals surface area contributed by atoms with Gasteiger partial charge in [0.25, 0.3) is 0 Å². The number of anilines is 1. The van der Waals surface area contributed by atoms with E-state index in [2.05, 4.69) is 14.7 Å². The van der Waals surface area contributed by atoms with Crippen LogP contribution in [-0.2, 0) is 0 Å². The van der Waals surface area contributed by atoms with Gasteiger partial charge < -0.3 is 9.83 Å². The third-order valence-corrected chi connectivity index (χ3v) is 2.82. The number of benzene rings is 1. The van der Waals surface area contributed by atoms with Gasteiger partial charge in [0.1, 0.15) is 17.9 Å². The van der Waals surface area contributed by atoms with Gasteiger partial charge in [-0.1, -0.05) is 0 Å². The Bertz CT molecular complexity index is 476. The van der Waals surface area contributed by atoms with Crippen molar-refractivity contribution in [1.29, 1.82) is 0 Å². The van der Waals surface area contributed by atoms with Gasteiger partial charge in [0, 0.05) is 11.1 Å². The van der Waals surface area contributed by atoms with E-state index in [4.69, 9.17) is 0 Å². The van der Waals surface area contributed by atoms with Crippen LogP contribution in [-0.4, -0.2) is 15.1 Å². The molecule has 2 aromatic rings. The summed E-state index contributed by atoms with van der Waals surface area (Å²) in [5, 5.41) is 9.38. The molecule has 2 N–H and O–H groups in total. The maximum Gasteiger partial charge on any atom is 0.139 e. The first-order valence-corrected chi connectivity index (χ1v) is 5.56. The van der Waals surface area contributed by atoms with Crippen LogP contribution in [0, 0.1) is 6.92 Å². The molecule has 0 saturated heterocycles. The molecule has 82 valence electrons. The van der Waals surface area contributed by atoms with Gasteiger partial charge in [-0.25, -0.2) is 9.97 Å². The van der Waals surface area contributed by atoms with Crippen LogP contribution in [0.5, 0.6) is 5.75 Å². The van der Waals surface area contributed by atoms with Crippen LogP contribution >= 0.6 is 11.9 Å². The number of phenolic OH excluding ortho intramolecular Hbond substituents is 1. The molecular weight excluding hydrogens is 222 g/mol. The number of aromatic nitrogens is 2. The van der Waals surface area contributed by atoms with E-state index >= 15 is 0 Å². The fourth-order valence-electron chi connectivity index (χ4n) is 1.15. The van der Waals surface area contributed by atoms with Crippen molar-refractivity contribution in [3.05, 3.63) is 42.4 Å². The summed E-state index contributed by atoms with van der Waals surface area (Å²) in [6.45, 7) is 1.87. The highest BCUT2D eigenvalue weighted by atomic mass is 32.2. The molecule has 0 fully saturated rings. The monoisotopic (exact) mass is 233 g/mol. The highest BCUT2D eigenvalue weighted by Crippen LogP contribution is 2.24. The standard InChI is InChI=1S/C11H11N3OS/c1-8-6-9(2-3-10(8)15)16-14-11-4-5-12-7-13-11/h2-7,15H,1H3,(H,12,13,14). The second-order valence-electron chi connectivity index (χ2n) is 3.25. The third-order valence-electron chi connectivity index (χ3n) is 2.02. The molecule has 0 aliphatic heterocycles. The number of hydrogen-bond acceptors (Lipinski definition) is 5. The Morgan fingerprint density at radius 3 is 2.88 bits per heavy atom. The molecule has 4 nitrogen and oxygen atoms in total. The zero-order valence-corrected chi connectivity index (χ0v) is 9.53. The number of nitrogens with zero attached hydrogens (tertiary/aromatic N) is 2. The van der Waals surface area contributed by atoms with E-state index in [0.717, 1.165) is 16.3 Å². The molecule has 0 bridgehead atoms. The minimum atomic E-state index is 0.311. The normalized spacial score (nSPS) is 10.1.